The molecule has 31 heavy (non-hydrogen) atoms. The van der Waals surface area contributed by atoms with E-state index in [2.05, 4.69) is 4.99 Å². The molecule has 8 nitrogen and oxygen atoms in total. The van der Waals surface area contributed by atoms with Gasteiger partial charge in [0.25, 0.3) is 0 Å². The normalized spacial score (nSPS) is 19.5. The molecule has 1 atom stereocenters. The number of anilines is 2. The first-order chi connectivity index (χ1) is 14.9. The van der Waals surface area contributed by atoms with E-state index in [9.17, 15) is 18.4 Å². The van der Waals surface area contributed by atoms with Gasteiger partial charge in [0.2, 0.25) is 5.91 Å². The Bertz CT molecular complexity index is 884. The molecule has 2 aliphatic heterocycles. The maximum Gasteiger partial charge on any atom is 0.414 e. The predicted octanol–water partition coefficient (Wildman–Crippen LogP) is 2.46. The fraction of sp³-hybridized carbons (Fsp3) is 0.476. The van der Waals surface area contributed by atoms with Gasteiger partial charge in [0.1, 0.15) is 13.3 Å². The van der Waals surface area contributed by atoms with Crippen LogP contribution in [0.5, 0.6) is 0 Å². The lowest BCUT2D eigenvalue weighted by Gasteiger charge is -2.40. The van der Waals surface area contributed by atoms with Gasteiger partial charge < -0.3 is 20.1 Å². The molecular weight excluding hydrogens is 410 g/mol. The van der Waals surface area contributed by atoms with Gasteiger partial charge in [-0.25, -0.2) is 13.6 Å². The average Bonchev–Trinajstić information content (AvgIpc) is 2.72. The number of hydrogen-bond acceptors (Lipinski definition) is 6. The molecule has 1 unspecified atom stereocenters. The third-order valence-electron chi connectivity index (χ3n) is 5.14. The lowest BCUT2D eigenvalue weighted by atomic mass is 10.0. The molecule has 2 N–H and O–H groups in total. The van der Waals surface area contributed by atoms with Crippen LogP contribution in [-0.2, 0) is 14.3 Å². The zero-order valence-corrected chi connectivity index (χ0v) is 17.5. The maximum atomic E-state index is 12.9. The summed E-state index contributed by atoms with van der Waals surface area (Å²) in [7, 11) is 0. The molecule has 2 heterocycles. The molecule has 0 aliphatic carbocycles. The van der Waals surface area contributed by atoms with Crippen LogP contribution in [0.15, 0.2) is 29.4 Å². The molecular formula is C21H26F2N4O4. The highest BCUT2D eigenvalue weighted by molar-refractivity contribution is 6.11. The van der Waals surface area contributed by atoms with Crippen LogP contribution in [0.1, 0.15) is 19.4 Å². The summed E-state index contributed by atoms with van der Waals surface area (Å²) in [6.45, 7) is 2.16. The Balaban J connectivity index is 1.98. The first-order valence-corrected chi connectivity index (χ1v) is 9.96. The number of rotatable bonds is 6. The van der Waals surface area contributed by atoms with Crippen molar-refractivity contribution in [2.24, 2.45) is 10.7 Å². The first kappa shape index (κ1) is 22.7. The first-order valence-electron chi connectivity index (χ1n) is 9.96. The SMILES string of the molecule is CC(=O)N1c2ccc(C(C=NC3COC3)=CN)cc2N(C(=O)OC(CF)CF)CC1C. The van der Waals surface area contributed by atoms with Crippen LogP contribution in [0.4, 0.5) is 25.0 Å². The summed E-state index contributed by atoms with van der Waals surface area (Å²) in [5.41, 5.74) is 7.93. The topological polar surface area (TPSA) is 97.5 Å². The van der Waals surface area contributed by atoms with Crippen molar-refractivity contribution in [3.63, 3.8) is 0 Å². The number of carbonyl (C=O) groups is 2. The van der Waals surface area contributed by atoms with E-state index in [1.807, 2.05) is 0 Å². The Kier molecular flexibility index (Phi) is 7.21. The number of nitrogens with two attached hydrogens (primary N) is 1. The summed E-state index contributed by atoms with van der Waals surface area (Å²) in [6.07, 6.45) is 0.668. The van der Waals surface area contributed by atoms with E-state index in [-0.39, 0.29) is 24.5 Å². The molecule has 1 aromatic carbocycles. The van der Waals surface area contributed by atoms with Gasteiger partial charge in [-0.05, 0) is 24.6 Å². The van der Waals surface area contributed by atoms with E-state index in [4.69, 9.17) is 15.2 Å². The highest BCUT2D eigenvalue weighted by Gasteiger charge is 2.35. The highest BCUT2D eigenvalue weighted by atomic mass is 19.1. The molecule has 0 radical (unpaired) electrons. The fourth-order valence-electron chi connectivity index (χ4n) is 3.48. The van der Waals surface area contributed by atoms with Gasteiger partial charge in [-0.3, -0.25) is 14.7 Å². The molecule has 1 saturated heterocycles. The highest BCUT2D eigenvalue weighted by Crippen LogP contribution is 2.38. The van der Waals surface area contributed by atoms with Crippen molar-refractivity contribution >= 4 is 35.2 Å². The minimum absolute atomic E-state index is 0.0754. The smallest absolute Gasteiger partial charge is 0.414 e. The number of aliphatic imine (C=N–C) groups is 1. The van der Waals surface area contributed by atoms with E-state index in [1.165, 1.54) is 18.0 Å². The second kappa shape index (κ2) is 9.86. The average molecular weight is 436 g/mol. The maximum absolute atomic E-state index is 12.9. The third-order valence-corrected chi connectivity index (χ3v) is 5.14. The standard InChI is InChI=1S/C21H26F2N4O4/c1-13-10-26(21(29)31-18(6-22)7-23)20-5-15(3-4-19(20)27(13)14(2)28)16(8-24)9-25-17-11-30-12-17/h3-5,8-9,13,17-18H,6-7,10-12,24H2,1-2H3. The van der Waals surface area contributed by atoms with Crippen LogP contribution in [0.3, 0.4) is 0 Å². The Morgan fingerprint density at radius 3 is 2.58 bits per heavy atom. The van der Waals surface area contributed by atoms with Gasteiger partial charge in [-0.15, -0.1) is 0 Å². The second-order valence-electron chi connectivity index (χ2n) is 7.46. The number of benzene rings is 1. The van der Waals surface area contributed by atoms with Crippen molar-refractivity contribution in [3.05, 3.63) is 30.0 Å². The molecule has 10 heteroatoms. The molecule has 0 saturated carbocycles. The lowest BCUT2D eigenvalue weighted by molar-refractivity contribution is -0.117. The minimum atomic E-state index is -1.48. The van der Waals surface area contributed by atoms with Crippen LogP contribution in [0, 0.1) is 0 Å². The molecule has 2 aliphatic rings. The summed E-state index contributed by atoms with van der Waals surface area (Å²) in [5.74, 6) is -0.193. The predicted molar refractivity (Wildman–Crippen MR) is 114 cm³/mol. The van der Waals surface area contributed by atoms with E-state index in [1.54, 1.807) is 36.2 Å². The molecule has 1 fully saturated rings. The number of nitrogens with zero attached hydrogens (tertiary/aromatic N) is 3. The second-order valence-corrected chi connectivity index (χ2v) is 7.46. The summed E-state index contributed by atoms with van der Waals surface area (Å²) < 4.78 is 35.9. The lowest BCUT2D eigenvalue weighted by Crippen LogP contribution is -2.52. The zero-order valence-electron chi connectivity index (χ0n) is 17.5. The Labute approximate surface area is 179 Å². The summed E-state index contributed by atoms with van der Waals surface area (Å²) >= 11 is 0. The summed E-state index contributed by atoms with van der Waals surface area (Å²) in [5, 5.41) is 0. The summed E-state index contributed by atoms with van der Waals surface area (Å²) in [4.78, 5) is 32.2. The molecule has 0 spiro atoms. The van der Waals surface area contributed by atoms with Gasteiger partial charge in [0.15, 0.2) is 6.10 Å². The number of fused-ring (bicyclic) bond motifs is 1. The molecule has 0 aromatic heterocycles. The van der Waals surface area contributed by atoms with Gasteiger partial charge >= 0.3 is 6.09 Å². The van der Waals surface area contributed by atoms with E-state index in [0.717, 1.165) is 0 Å². The fourth-order valence-corrected chi connectivity index (χ4v) is 3.48. The Morgan fingerprint density at radius 1 is 1.32 bits per heavy atom. The van der Waals surface area contributed by atoms with E-state index >= 15 is 0 Å². The van der Waals surface area contributed by atoms with Crippen molar-refractivity contribution in [1.29, 1.82) is 0 Å². The molecule has 2 amide bonds. The van der Waals surface area contributed by atoms with Gasteiger partial charge in [-0.1, -0.05) is 6.07 Å². The van der Waals surface area contributed by atoms with Crippen molar-refractivity contribution < 1.29 is 27.8 Å². The molecule has 168 valence electrons. The number of alkyl halides is 2. The zero-order chi connectivity index (χ0) is 22.5. The number of amides is 2. The Morgan fingerprint density at radius 2 is 2.03 bits per heavy atom. The quantitative estimate of drug-likeness (QED) is 0.691. The van der Waals surface area contributed by atoms with E-state index < -0.39 is 25.5 Å². The van der Waals surface area contributed by atoms with Crippen LogP contribution in [0.2, 0.25) is 0 Å². The van der Waals surface area contributed by atoms with Crippen LogP contribution in [-0.4, -0.2) is 69.5 Å². The molecule has 3 rings (SSSR count). The van der Waals surface area contributed by atoms with Crippen LogP contribution >= 0.6 is 0 Å². The number of carbonyl (C=O) groups excluding carboxylic acids is 2. The van der Waals surface area contributed by atoms with Gasteiger partial charge in [-0.2, -0.15) is 0 Å². The van der Waals surface area contributed by atoms with Crippen molar-refractivity contribution in [2.75, 3.05) is 42.9 Å². The van der Waals surface area contributed by atoms with Crippen molar-refractivity contribution in [2.45, 2.75) is 32.0 Å². The van der Waals surface area contributed by atoms with Crippen molar-refractivity contribution in [1.82, 2.24) is 0 Å². The Hall–Kier alpha value is -3.01. The molecule has 1 aromatic rings. The van der Waals surface area contributed by atoms with Gasteiger partial charge in [0, 0.05) is 31.5 Å². The van der Waals surface area contributed by atoms with Crippen LogP contribution in [0.25, 0.3) is 5.57 Å². The summed E-state index contributed by atoms with van der Waals surface area (Å²) in [6, 6.07) is 4.87. The van der Waals surface area contributed by atoms with Crippen LogP contribution < -0.4 is 15.5 Å². The van der Waals surface area contributed by atoms with Crippen molar-refractivity contribution in [3.8, 4) is 0 Å². The number of allylic oxidation sites excluding steroid dienone is 1. The number of ether oxygens (including phenoxy) is 2. The van der Waals surface area contributed by atoms with E-state index in [0.29, 0.717) is 35.7 Å². The number of halogens is 2. The monoisotopic (exact) mass is 436 g/mol. The largest absolute Gasteiger partial charge is 0.440 e. The minimum Gasteiger partial charge on any atom is -0.440 e. The van der Waals surface area contributed by atoms with Gasteiger partial charge in [0.05, 0.1) is 36.7 Å². The third kappa shape index (κ3) is 4.84. The molecule has 0 bridgehead atoms. The number of hydrogen-bond donors (Lipinski definition) is 1.